The summed E-state index contributed by atoms with van der Waals surface area (Å²) in [7, 11) is 4.41. The summed E-state index contributed by atoms with van der Waals surface area (Å²) in [5, 5.41) is 0. The Morgan fingerprint density at radius 1 is 1.08 bits per heavy atom. The lowest BCUT2D eigenvalue weighted by Gasteiger charge is -2.27. The van der Waals surface area contributed by atoms with E-state index >= 15 is 0 Å². The van der Waals surface area contributed by atoms with Gasteiger partial charge in [0.1, 0.15) is 0 Å². The average Bonchev–Trinajstić information content (AvgIpc) is 2.30. The molecule has 0 bridgehead atoms. The first-order chi connectivity index (χ1) is 5.41. The second kappa shape index (κ2) is 3.37. The lowest BCUT2D eigenvalue weighted by Crippen LogP contribution is -2.26. The molecule has 0 amide bonds. The Morgan fingerprint density at radius 2 is 1.67 bits per heavy atom. The molecule has 0 aromatic heterocycles. The monoisotopic (exact) mass is 169 g/mol. The van der Waals surface area contributed by atoms with Gasteiger partial charge in [0.15, 0.2) is 0 Å². The SMILES string of the molecule is CN(C)[C@H]1CCC(C(C)(C)C)C1. The van der Waals surface area contributed by atoms with Gasteiger partial charge in [0.2, 0.25) is 0 Å². The molecule has 1 saturated carbocycles. The van der Waals surface area contributed by atoms with Gasteiger partial charge in [-0.3, -0.25) is 0 Å². The molecule has 0 spiro atoms. The third-order valence-corrected chi connectivity index (χ3v) is 3.36. The van der Waals surface area contributed by atoms with E-state index in [-0.39, 0.29) is 0 Å². The maximum Gasteiger partial charge on any atom is 0.00921 e. The predicted molar refractivity (Wildman–Crippen MR) is 54.3 cm³/mol. The molecule has 0 aromatic rings. The Balaban J connectivity index is 2.46. The highest BCUT2D eigenvalue weighted by molar-refractivity contribution is 4.86. The topological polar surface area (TPSA) is 3.24 Å². The highest BCUT2D eigenvalue weighted by Crippen LogP contribution is 2.40. The molecule has 0 radical (unpaired) electrons. The van der Waals surface area contributed by atoms with Crippen LogP contribution in [0.1, 0.15) is 40.0 Å². The molecule has 2 atom stereocenters. The van der Waals surface area contributed by atoms with Crippen LogP contribution < -0.4 is 0 Å². The van der Waals surface area contributed by atoms with Gasteiger partial charge < -0.3 is 4.90 Å². The van der Waals surface area contributed by atoms with Crippen LogP contribution in [0, 0.1) is 11.3 Å². The maximum atomic E-state index is 2.38. The van der Waals surface area contributed by atoms with Crippen molar-refractivity contribution < 1.29 is 0 Å². The number of rotatable bonds is 1. The smallest absolute Gasteiger partial charge is 0.00921 e. The molecule has 0 aliphatic heterocycles. The van der Waals surface area contributed by atoms with E-state index in [9.17, 15) is 0 Å². The second-order valence-corrected chi connectivity index (χ2v) is 5.49. The molecule has 0 saturated heterocycles. The second-order valence-electron chi connectivity index (χ2n) is 5.49. The molecule has 1 heteroatoms. The van der Waals surface area contributed by atoms with Crippen LogP contribution in [0.3, 0.4) is 0 Å². The van der Waals surface area contributed by atoms with E-state index in [1.807, 2.05) is 0 Å². The Kier molecular flexibility index (Phi) is 2.82. The van der Waals surface area contributed by atoms with Crippen LogP contribution in [0.15, 0.2) is 0 Å². The van der Waals surface area contributed by atoms with Crippen LogP contribution >= 0.6 is 0 Å². The van der Waals surface area contributed by atoms with Crippen molar-refractivity contribution >= 4 is 0 Å². The summed E-state index contributed by atoms with van der Waals surface area (Å²) in [6.07, 6.45) is 4.22. The minimum atomic E-state index is 0.519. The molecule has 0 aromatic carbocycles. The number of hydrogen-bond acceptors (Lipinski definition) is 1. The van der Waals surface area contributed by atoms with Crippen molar-refractivity contribution in [2.75, 3.05) is 14.1 Å². The van der Waals surface area contributed by atoms with Crippen molar-refractivity contribution in [1.29, 1.82) is 0 Å². The van der Waals surface area contributed by atoms with Gasteiger partial charge in [0, 0.05) is 6.04 Å². The first-order valence-electron chi connectivity index (χ1n) is 5.07. The lowest BCUT2D eigenvalue weighted by atomic mass is 9.80. The first-order valence-corrected chi connectivity index (χ1v) is 5.07. The third kappa shape index (κ3) is 2.22. The molecule has 0 N–H and O–H groups in total. The van der Waals surface area contributed by atoms with Crippen LogP contribution in [0.4, 0.5) is 0 Å². The molecule has 0 heterocycles. The standard InChI is InChI=1S/C11H23N/c1-11(2,3)9-6-7-10(8-9)12(4)5/h9-10H,6-8H2,1-5H3/t9?,10-/m0/s1. The normalized spacial score (nSPS) is 31.5. The zero-order chi connectivity index (χ0) is 9.35. The van der Waals surface area contributed by atoms with Gasteiger partial charge in [-0.2, -0.15) is 0 Å². The molecule has 1 rings (SSSR count). The minimum absolute atomic E-state index is 0.519. The molecule has 1 nitrogen and oxygen atoms in total. The van der Waals surface area contributed by atoms with E-state index in [1.165, 1.54) is 19.3 Å². The zero-order valence-electron chi connectivity index (χ0n) is 9.22. The molecule has 1 unspecified atom stereocenters. The molecule has 1 aliphatic carbocycles. The molecular formula is C11H23N. The molecule has 72 valence electrons. The Morgan fingerprint density at radius 3 is 1.92 bits per heavy atom. The van der Waals surface area contributed by atoms with E-state index in [0.29, 0.717) is 5.41 Å². The van der Waals surface area contributed by atoms with Gasteiger partial charge in [0.25, 0.3) is 0 Å². The van der Waals surface area contributed by atoms with Crippen LogP contribution in [-0.2, 0) is 0 Å². The van der Waals surface area contributed by atoms with Crippen LogP contribution in [0.5, 0.6) is 0 Å². The van der Waals surface area contributed by atoms with Crippen molar-refractivity contribution in [3.63, 3.8) is 0 Å². The van der Waals surface area contributed by atoms with E-state index < -0.39 is 0 Å². The van der Waals surface area contributed by atoms with Crippen molar-refractivity contribution in [3.05, 3.63) is 0 Å². The van der Waals surface area contributed by atoms with E-state index in [1.54, 1.807) is 0 Å². The van der Waals surface area contributed by atoms with Gasteiger partial charge >= 0.3 is 0 Å². The predicted octanol–water partition coefficient (Wildman–Crippen LogP) is 2.76. The summed E-state index contributed by atoms with van der Waals surface area (Å²) in [5.74, 6) is 0.935. The average molecular weight is 169 g/mol. The fourth-order valence-electron chi connectivity index (χ4n) is 2.21. The maximum absolute atomic E-state index is 2.38. The molecule has 1 aliphatic rings. The number of hydrogen-bond donors (Lipinski definition) is 0. The van der Waals surface area contributed by atoms with Crippen molar-refractivity contribution in [1.82, 2.24) is 4.90 Å². The Labute approximate surface area is 77.1 Å². The summed E-state index contributed by atoms with van der Waals surface area (Å²) < 4.78 is 0. The summed E-state index contributed by atoms with van der Waals surface area (Å²) in [6, 6.07) is 0.842. The molecule has 12 heavy (non-hydrogen) atoms. The van der Waals surface area contributed by atoms with Crippen molar-refractivity contribution in [2.45, 2.75) is 46.1 Å². The third-order valence-electron chi connectivity index (χ3n) is 3.36. The lowest BCUT2D eigenvalue weighted by molar-refractivity contribution is 0.221. The Bertz CT molecular complexity index is 144. The fourth-order valence-corrected chi connectivity index (χ4v) is 2.21. The van der Waals surface area contributed by atoms with Crippen molar-refractivity contribution in [3.8, 4) is 0 Å². The Hall–Kier alpha value is -0.0400. The van der Waals surface area contributed by atoms with Gasteiger partial charge in [-0.15, -0.1) is 0 Å². The largest absolute Gasteiger partial charge is 0.306 e. The highest BCUT2D eigenvalue weighted by Gasteiger charge is 2.33. The summed E-state index contributed by atoms with van der Waals surface area (Å²) >= 11 is 0. The van der Waals surface area contributed by atoms with E-state index in [0.717, 1.165) is 12.0 Å². The molecule has 1 fully saturated rings. The highest BCUT2D eigenvalue weighted by atomic mass is 15.1. The summed E-state index contributed by atoms with van der Waals surface area (Å²) in [6.45, 7) is 7.11. The fraction of sp³-hybridized carbons (Fsp3) is 1.00. The summed E-state index contributed by atoms with van der Waals surface area (Å²) in [5.41, 5.74) is 0.519. The van der Waals surface area contributed by atoms with Crippen LogP contribution in [-0.4, -0.2) is 25.0 Å². The number of nitrogens with zero attached hydrogens (tertiary/aromatic N) is 1. The van der Waals surface area contributed by atoms with Gasteiger partial charge in [-0.05, 0) is 44.7 Å². The first kappa shape index (κ1) is 10.0. The van der Waals surface area contributed by atoms with Crippen molar-refractivity contribution in [2.24, 2.45) is 11.3 Å². The zero-order valence-corrected chi connectivity index (χ0v) is 9.22. The quantitative estimate of drug-likeness (QED) is 0.583. The van der Waals surface area contributed by atoms with Crippen LogP contribution in [0.2, 0.25) is 0 Å². The van der Waals surface area contributed by atoms with Gasteiger partial charge in [0.05, 0.1) is 0 Å². The van der Waals surface area contributed by atoms with Crippen LogP contribution in [0.25, 0.3) is 0 Å². The molecular weight excluding hydrogens is 146 g/mol. The van der Waals surface area contributed by atoms with Gasteiger partial charge in [-0.1, -0.05) is 20.8 Å². The minimum Gasteiger partial charge on any atom is -0.306 e. The van der Waals surface area contributed by atoms with Gasteiger partial charge in [-0.25, -0.2) is 0 Å². The van der Waals surface area contributed by atoms with E-state index in [4.69, 9.17) is 0 Å². The summed E-state index contributed by atoms with van der Waals surface area (Å²) in [4.78, 5) is 2.38. The van der Waals surface area contributed by atoms with E-state index in [2.05, 4.69) is 39.8 Å².